The maximum absolute atomic E-state index is 13.4. The number of amides is 4. The molecule has 1 aliphatic rings. The molecule has 0 spiro atoms. The largest absolute Gasteiger partial charge is 0.492 e. The van der Waals surface area contributed by atoms with Crippen LogP contribution < -0.4 is 15.0 Å². The summed E-state index contributed by atoms with van der Waals surface area (Å²) in [7, 11) is 0. The number of carbonyl (C=O) groups is 3. The number of benzene rings is 2. The Morgan fingerprint density at radius 3 is 2.38 bits per heavy atom. The minimum absolute atomic E-state index is 0.119. The van der Waals surface area contributed by atoms with Gasteiger partial charge in [0.25, 0.3) is 11.8 Å². The first-order chi connectivity index (χ1) is 16.2. The van der Waals surface area contributed by atoms with Crippen LogP contribution in [0.4, 0.5) is 10.5 Å². The Bertz CT molecular complexity index is 1350. The van der Waals surface area contributed by atoms with E-state index < -0.39 is 17.8 Å². The zero-order chi connectivity index (χ0) is 24.6. The lowest BCUT2D eigenvalue weighted by atomic mass is 10.1. The van der Waals surface area contributed by atoms with Crippen molar-refractivity contribution >= 4 is 29.6 Å². The van der Waals surface area contributed by atoms with Gasteiger partial charge in [0.1, 0.15) is 11.3 Å². The minimum Gasteiger partial charge on any atom is -0.492 e. The third kappa shape index (κ3) is 4.01. The van der Waals surface area contributed by atoms with Gasteiger partial charge in [0.2, 0.25) is 0 Å². The van der Waals surface area contributed by atoms with E-state index >= 15 is 0 Å². The lowest BCUT2D eigenvalue weighted by Gasteiger charge is -2.27. The summed E-state index contributed by atoms with van der Waals surface area (Å²) in [5, 5.41) is 2.28. The standard InChI is InChI=1S/C27H27N3O4/c1-6-34-24-10-8-7-9-23(24)30-26(32)22(25(31)28-27(30)33)15-20-14-18(4)29(19(20)5)21-12-11-16(2)17(3)13-21/h7-15H,6H2,1-5H3,(H,28,31,33)/b22-15+. The summed E-state index contributed by atoms with van der Waals surface area (Å²) in [6.45, 7) is 10.2. The molecule has 0 atom stereocenters. The number of ether oxygens (including phenoxy) is 1. The minimum atomic E-state index is -0.806. The van der Waals surface area contributed by atoms with Gasteiger partial charge >= 0.3 is 6.03 Å². The molecule has 2 aromatic carbocycles. The summed E-state index contributed by atoms with van der Waals surface area (Å²) in [6.07, 6.45) is 1.54. The fraction of sp³-hybridized carbons (Fsp3) is 0.222. The van der Waals surface area contributed by atoms with Crippen LogP contribution in [-0.2, 0) is 9.59 Å². The molecule has 3 aromatic rings. The van der Waals surface area contributed by atoms with E-state index in [2.05, 4.69) is 35.9 Å². The molecule has 0 bridgehead atoms. The summed E-state index contributed by atoms with van der Waals surface area (Å²) in [5.41, 5.74) is 6.12. The Balaban J connectivity index is 1.77. The molecule has 7 heteroatoms. The highest BCUT2D eigenvalue weighted by molar-refractivity contribution is 6.39. The van der Waals surface area contributed by atoms with Gasteiger partial charge in [0.05, 0.1) is 12.3 Å². The monoisotopic (exact) mass is 457 g/mol. The zero-order valence-corrected chi connectivity index (χ0v) is 19.9. The number of nitrogens with one attached hydrogen (secondary N) is 1. The first-order valence-corrected chi connectivity index (χ1v) is 11.1. The van der Waals surface area contributed by atoms with Crippen LogP contribution in [0.25, 0.3) is 11.8 Å². The van der Waals surface area contributed by atoms with Gasteiger partial charge in [0, 0.05) is 17.1 Å². The third-order valence-corrected chi connectivity index (χ3v) is 6.03. The Kier molecular flexibility index (Phi) is 6.11. The highest BCUT2D eigenvalue weighted by atomic mass is 16.5. The molecule has 174 valence electrons. The number of urea groups is 1. The molecule has 1 saturated heterocycles. The van der Waals surface area contributed by atoms with Crippen molar-refractivity contribution in [1.82, 2.24) is 9.88 Å². The fourth-order valence-corrected chi connectivity index (χ4v) is 4.15. The van der Waals surface area contributed by atoms with Gasteiger partial charge in [-0.1, -0.05) is 18.2 Å². The summed E-state index contributed by atoms with van der Waals surface area (Å²) >= 11 is 0. The van der Waals surface area contributed by atoms with E-state index in [-0.39, 0.29) is 11.3 Å². The second-order valence-electron chi connectivity index (χ2n) is 8.29. The van der Waals surface area contributed by atoms with Gasteiger partial charge < -0.3 is 9.30 Å². The molecule has 4 amide bonds. The fourth-order valence-electron chi connectivity index (χ4n) is 4.15. The second kappa shape index (κ2) is 9.02. The average molecular weight is 458 g/mol. The molecule has 1 fully saturated rings. The highest BCUT2D eigenvalue weighted by Crippen LogP contribution is 2.32. The number of aromatic nitrogens is 1. The molecule has 2 heterocycles. The van der Waals surface area contributed by atoms with Crippen LogP contribution in [0, 0.1) is 27.7 Å². The van der Waals surface area contributed by atoms with E-state index in [0.29, 0.717) is 12.4 Å². The molecule has 0 aliphatic carbocycles. The quantitative estimate of drug-likeness (QED) is 0.442. The van der Waals surface area contributed by atoms with E-state index in [4.69, 9.17) is 4.74 Å². The first kappa shape index (κ1) is 23.0. The maximum Gasteiger partial charge on any atom is 0.336 e. The van der Waals surface area contributed by atoms with Crippen LogP contribution in [0.3, 0.4) is 0 Å². The highest BCUT2D eigenvalue weighted by Gasteiger charge is 2.38. The smallest absolute Gasteiger partial charge is 0.336 e. The molecule has 1 aromatic heterocycles. The number of para-hydroxylation sites is 2. The maximum atomic E-state index is 13.4. The average Bonchev–Trinajstić information content (AvgIpc) is 3.07. The van der Waals surface area contributed by atoms with Crippen LogP contribution in [0.1, 0.15) is 35.0 Å². The van der Waals surface area contributed by atoms with Crippen LogP contribution in [0.2, 0.25) is 0 Å². The molecular formula is C27H27N3O4. The van der Waals surface area contributed by atoms with Crippen molar-refractivity contribution in [2.24, 2.45) is 0 Å². The van der Waals surface area contributed by atoms with E-state index in [9.17, 15) is 14.4 Å². The lowest BCUT2D eigenvalue weighted by molar-refractivity contribution is -0.122. The van der Waals surface area contributed by atoms with E-state index in [0.717, 1.165) is 27.5 Å². The number of carbonyl (C=O) groups excluding carboxylic acids is 3. The Morgan fingerprint density at radius 1 is 0.941 bits per heavy atom. The number of aryl methyl sites for hydroxylation is 3. The van der Waals surface area contributed by atoms with Gasteiger partial charge in [0.15, 0.2) is 0 Å². The van der Waals surface area contributed by atoms with Gasteiger partial charge in [-0.3, -0.25) is 14.9 Å². The van der Waals surface area contributed by atoms with Crippen molar-refractivity contribution in [2.75, 3.05) is 11.5 Å². The number of rotatable bonds is 5. The molecule has 1 N–H and O–H groups in total. The second-order valence-corrected chi connectivity index (χ2v) is 8.29. The van der Waals surface area contributed by atoms with Crippen molar-refractivity contribution in [1.29, 1.82) is 0 Å². The number of hydrogen-bond acceptors (Lipinski definition) is 4. The topological polar surface area (TPSA) is 80.6 Å². The summed E-state index contributed by atoms with van der Waals surface area (Å²) in [4.78, 5) is 39.6. The zero-order valence-electron chi connectivity index (χ0n) is 19.9. The van der Waals surface area contributed by atoms with Crippen molar-refractivity contribution < 1.29 is 19.1 Å². The molecule has 7 nitrogen and oxygen atoms in total. The number of barbiturate groups is 1. The molecule has 0 unspecified atom stereocenters. The van der Waals surface area contributed by atoms with Gasteiger partial charge in [-0.05, 0) is 87.7 Å². The summed E-state index contributed by atoms with van der Waals surface area (Å²) in [6, 6.07) is 14.1. The van der Waals surface area contributed by atoms with Crippen LogP contribution in [-0.4, -0.2) is 29.0 Å². The van der Waals surface area contributed by atoms with E-state index in [1.165, 1.54) is 11.1 Å². The summed E-state index contributed by atoms with van der Waals surface area (Å²) < 4.78 is 7.67. The normalized spacial score (nSPS) is 15.1. The number of anilines is 1. The van der Waals surface area contributed by atoms with Crippen LogP contribution in [0.5, 0.6) is 5.75 Å². The first-order valence-electron chi connectivity index (χ1n) is 11.1. The Labute approximate surface area is 198 Å². The molecular weight excluding hydrogens is 430 g/mol. The lowest BCUT2D eigenvalue weighted by Crippen LogP contribution is -2.54. The van der Waals surface area contributed by atoms with Crippen LogP contribution >= 0.6 is 0 Å². The van der Waals surface area contributed by atoms with Crippen LogP contribution in [0.15, 0.2) is 54.1 Å². The SMILES string of the molecule is CCOc1ccccc1N1C(=O)NC(=O)/C(=C\c2cc(C)n(-c3ccc(C)c(C)c3)c2C)C1=O. The molecule has 0 radical (unpaired) electrons. The molecule has 0 saturated carbocycles. The number of hydrogen-bond donors (Lipinski definition) is 1. The van der Waals surface area contributed by atoms with Crippen molar-refractivity contribution in [3.8, 4) is 11.4 Å². The Hall–Kier alpha value is -4.13. The number of nitrogens with zero attached hydrogens (tertiary/aromatic N) is 2. The number of imide groups is 2. The summed E-state index contributed by atoms with van der Waals surface area (Å²) in [5.74, 6) is -1.04. The van der Waals surface area contributed by atoms with Gasteiger partial charge in [-0.2, -0.15) is 0 Å². The van der Waals surface area contributed by atoms with Gasteiger partial charge in [-0.25, -0.2) is 9.69 Å². The van der Waals surface area contributed by atoms with Crippen molar-refractivity contribution in [3.63, 3.8) is 0 Å². The third-order valence-electron chi connectivity index (χ3n) is 6.03. The molecule has 34 heavy (non-hydrogen) atoms. The predicted octanol–water partition coefficient (Wildman–Crippen LogP) is 4.78. The van der Waals surface area contributed by atoms with E-state index in [1.807, 2.05) is 32.9 Å². The van der Waals surface area contributed by atoms with Gasteiger partial charge in [-0.15, -0.1) is 0 Å². The van der Waals surface area contributed by atoms with Crippen molar-refractivity contribution in [3.05, 3.63) is 82.2 Å². The molecule has 4 rings (SSSR count). The predicted molar refractivity (Wildman–Crippen MR) is 131 cm³/mol. The Morgan fingerprint density at radius 2 is 1.68 bits per heavy atom. The van der Waals surface area contributed by atoms with Crippen molar-refractivity contribution in [2.45, 2.75) is 34.6 Å². The molecule has 1 aliphatic heterocycles. The van der Waals surface area contributed by atoms with E-state index in [1.54, 1.807) is 30.3 Å².